The second-order valence-electron chi connectivity index (χ2n) is 4.90. The van der Waals surface area contributed by atoms with Gasteiger partial charge in [-0.3, -0.25) is 4.79 Å². The van der Waals surface area contributed by atoms with Crippen molar-refractivity contribution in [3.8, 4) is 0 Å². The van der Waals surface area contributed by atoms with Crippen molar-refractivity contribution in [3.63, 3.8) is 0 Å². The maximum Gasteiger partial charge on any atom is 0.306 e. The molecule has 0 amide bonds. The first-order chi connectivity index (χ1) is 8.15. The average Bonchev–Trinajstić information content (AvgIpc) is 2.24. The van der Waals surface area contributed by atoms with Gasteiger partial charge in [-0.1, -0.05) is 31.4 Å². The fraction of sp³-hybridized carbons (Fsp3) is 0.500. The number of benzene rings is 1. The maximum absolute atomic E-state index is 12.7. The van der Waals surface area contributed by atoms with Gasteiger partial charge in [0.05, 0.1) is 5.92 Å². The van der Waals surface area contributed by atoms with Crippen LogP contribution in [0.5, 0.6) is 0 Å². The SMILES string of the molecule is O=C(O)C(Cc1ccc(F)cc1)CC1CCC1. The van der Waals surface area contributed by atoms with Crippen LogP contribution in [0.1, 0.15) is 31.2 Å². The predicted molar refractivity (Wildman–Crippen MR) is 63.2 cm³/mol. The van der Waals surface area contributed by atoms with Gasteiger partial charge in [-0.25, -0.2) is 4.39 Å². The molecular formula is C14H17FO2. The number of halogens is 1. The molecule has 0 bridgehead atoms. The van der Waals surface area contributed by atoms with Crippen molar-refractivity contribution in [2.75, 3.05) is 0 Å². The third kappa shape index (κ3) is 3.29. The minimum absolute atomic E-state index is 0.278. The van der Waals surface area contributed by atoms with Gasteiger partial charge in [0.25, 0.3) is 0 Å². The Morgan fingerprint density at radius 1 is 1.35 bits per heavy atom. The molecule has 92 valence electrons. The monoisotopic (exact) mass is 236 g/mol. The van der Waals surface area contributed by atoms with E-state index in [1.165, 1.54) is 18.6 Å². The fourth-order valence-corrected chi connectivity index (χ4v) is 2.31. The summed E-state index contributed by atoms with van der Waals surface area (Å²) in [6, 6.07) is 6.12. The summed E-state index contributed by atoms with van der Waals surface area (Å²) in [6.45, 7) is 0. The molecule has 0 radical (unpaired) electrons. The Morgan fingerprint density at radius 2 is 2.00 bits per heavy atom. The molecule has 0 aromatic heterocycles. The summed E-state index contributed by atoms with van der Waals surface area (Å²) in [5, 5.41) is 9.18. The van der Waals surface area contributed by atoms with E-state index in [9.17, 15) is 14.3 Å². The number of carboxylic acids is 1. The molecule has 1 N–H and O–H groups in total. The second-order valence-corrected chi connectivity index (χ2v) is 4.90. The molecule has 1 atom stereocenters. The summed E-state index contributed by atoms with van der Waals surface area (Å²) in [6.07, 6.45) is 4.81. The molecule has 0 saturated heterocycles. The van der Waals surface area contributed by atoms with Gasteiger partial charge in [-0.05, 0) is 36.5 Å². The minimum atomic E-state index is -0.735. The third-order valence-corrected chi connectivity index (χ3v) is 3.59. The zero-order valence-electron chi connectivity index (χ0n) is 9.73. The second kappa shape index (κ2) is 5.30. The van der Waals surface area contributed by atoms with E-state index < -0.39 is 5.97 Å². The Hall–Kier alpha value is -1.38. The Kier molecular flexibility index (Phi) is 3.77. The number of rotatable bonds is 5. The zero-order valence-corrected chi connectivity index (χ0v) is 9.73. The van der Waals surface area contributed by atoms with Gasteiger partial charge in [0.15, 0.2) is 0 Å². The first kappa shape index (κ1) is 12.1. The highest BCUT2D eigenvalue weighted by atomic mass is 19.1. The number of hydrogen-bond acceptors (Lipinski definition) is 1. The van der Waals surface area contributed by atoms with E-state index in [1.807, 2.05) is 0 Å². The lowest BCUT2D eigenvalue weighted by molar-refractivity contribution is -0.142. The lowest BCUT2D eigenvalue weighted by atomic mass is 9.77. The van der Waals surface area contributed by atoms with Gasteiger partial charge in [0.1, 0.15) is 5.82 Å². The third-order valence-electron chi connectivity index (χ3n) is 3.59. The molecule has 1 aliphatic carbocycles. The molecule has 17 heavy (non-hydrogen) atoms. The molecule has 0 heterocycles. The van der Waals surface area contributed by atoms with Crippen LogP contribution in [0.3, 0.4) is 0 Å². The Bertz CT molecular complexity index is 382. The van der Waals surface area contributed by atoms with Gasteiger partial charge in [0, 0.05) is 0 Å². The Labute approximate surface area is 100 Å². The molecule has 1 unspecified atom stereocenters. The van der Waals surface area contributed by atoms with E-state index in [1.54, 1.807) is 12.1 Å². The molecule has 2 rings (SSSR count). The van der Waals surface area contributed by atoms with Gasteiger partial charge in [0.2, 0.25) is 0 Å². The quantitative estimate of drug-likeness (QED) is 0.852. The molecule has 1 aliphatic rings. The molecule has 1 aromatic rings. The lowest BCUT2D eigenvalue weighted by Gasteiger charge is -2.28. The summed E-state index contributed by atoms with van der Waals surface area (Å²) >= 11 is 0. The maximum atomic E-state index is 12.7. The summed E-state index contributed by atoms with van der Waals surface area (Å²) < 4.78 is 12.7. The summed E-state index contributed by atoms with van der Waals surface area (Å²) in [5.74, 6) is -0.761. The summed E-state index contributed by atoms with van der Waals surface area (Å²) in [7, 11) is 0. The van der Waals surface area contributed by atoms with Gasteiger partial charge in [-0.2, -0.15) is 0 Å². The smallest absolute Gasteiger partial charge is 0.306 e. The predicted octanol–water partition coefficient (Wildman–Crippen LogP) is 3.26. The van der Waals surface area contributed by atoms with Gasteiger partial charge < -0.3 is 5.11 Å². The largest absolute Gasteiger partial charge is 0.481 e. The van der Waals surface area contributed by atoms with E-state index in [2.05, 4.69) is 0 Å². The molecule has 0 spiro atoms. The Morgan fingerprint density at radius 3 is 2.47 bits per heavy atom. The number of carbonyl (C=O) groups is 1. The van der Waals surface area contributed by atoms with E-state index in [4.69, 9.17) is 0 Å². The van der Waals surface area contributed by atoms with E-state index in [0.717, 1.165) is 24.8 Å². The summed E-state index contributed by atoms with van der Waals surface area (Å²) in [5.41, 5.74) is 0.901. The van der Waals surface area contributed by atoms with Gasteiger partial charge >= 0.3 is 5.97 Å². The standard InChI is InChI=1S/C14H17FO2/c15-13-6-4-11(5-7-13)9-12(14(16)17)8-10-2-1-3-10/h4-7,10,12H,1-3,8-9H2,(H,16,17). The van der Waals surface area contributed by atoms with E-state index >= 15 is 0 Å². The molecular weight excluding hydrogens is 219 g/mol. The van der Waals surface area contributed by atoms with Crippen molar-refractivity contribution in [1.29, 1.82) is 0 Å². The van der Waals surface area contributed by atoms with Crippen LogP contribution in [0.4, 0.5) is 4.39 Å². The number of hydrogen-bond donors (Lipinski definition) is 1. The molecule has 0 aliphatic heterocycles. The van der Waals surface area contributed by atoms with Crippen molar-refractivity contribution in [1.82, 2.24) is 0 Å². The van der Waals surface area contributed by atoms with Crippen LogP contribution >= 0.6 is 0 Å². The molecule has 1 aromatic carbocycles. The highest BCUT2D eigenvalue weighted by molar-refractivity contribution is 5.70. The van der Waals surface area contributed by atoms with E-state index in [-0.39, 0.29) is 11.7 Å². The normalized spacial score (nSPS) is 17.5. The van der Waals surface area contributed by atoms with Crippen molar-refractivity contribution >= 4 is 5.97 Å². The van der Waals surface area contributed by atoms with E-state index in [0.29, 0.717) is 12.3 Å². The molecule has 1 saturated carbocycles. The topological polar surface area (TPSA) is 37.3 Å². The van der Waals surface area contributed by atoms with Crippen molar-refractivity contribution in [2.24, 2.45) is 11.8 Å². The first-order valence-electron chi connectivity index (χ1n) is 6.12. The van der Waals surface area contributed by atoms with Crippen LogP contribution < -0.4 is 0 Å². The van der Waals surface area contributed by atoms with Crippen LogP contribution in [0, 0.1) is 17.7 Å². The van der Waals surface area contributed by atoms with Gasteiger partial charge in [-0.15, -0.1) is 0 Å². The summed E-state index contributed by atoms with van der Waals surface area (Å²) in [4.78, 5) is 11.2. The minimum Gasteiger partial charge on any atom is -0.481 e. The first-order valence-corrected chi connectivity index (χ1v) is 6.12. The number of carboxylic acid groups (broad SMARTS) is 1. The average molecular weight is 236 g/mol. The van der Waals surface area contributed by atoms with Crippen LogP contribution in [-0.2, 0) is 11.2 Å². The Balaban J connectivity index is 1.96. The zero-order chi connectivity index (χ0) is 12.3. The van der Waals surface area contributed by atoms with Crippen molar-refractivity contribution in [3.05, 3.63) is 35.6 Å². The fourth-order valence-electron chi connectivity index (χ4n) is 2.31. The van der Waals surface area contributed by atoms with Crippen LogP contribution in [-0.4, -0.2) is 11.1 Å². The number of aliphatic carboxylic acids is 1. The highest BCUT2D eigenvalue weighted by Crippen LogP contribution is 2.33. The molecule has 3 heteroatoms. The van der Waals surface area contributed by atoms with Crippen LogP contribution in [0.15, 0.2) is 24.3 Å². The highest BCUT2D eigenvalue weighted by Gasteiger charge is 2.26. The van der Waals surface area contributed by atoms with Crippen LogP contribution in [0.2, 0.25) is 0 Å². The van der Waals surface area contributed by atoms with Crippen molar-refractivity contribution < 1.29 is 14.3 Å². The van der Waals surface area contributed by atoms with Crippen molar-refractivity contribution in [2.45, 2.75) is 32.1 Å². The molecule has 2 nitrogen and oxygen atoms in total. The van der Waals surface area contributed by atoms with Crippen LogP contribution in [0.25, 0.3) is 0 Å². The lowest BCUT2D eigenvalue weighted by Crippen LogP contribution is -2.23. The molecule has 1 fully saturated rings.